The molecule has 0 atom stereocenters. The van der Waals surface area contributed by atoms with Gasteiger partial charge in [0.05, 0.1) is 33.4 Å². The fourth-order valence-corrected chi connectivity index (χ4v) is 4.12. The first-order valence-electron chi connectivity index (χ1n) is 10.8. The minimum Gasteiger partial charge on any atom is -0.493 e. The zero-order chi connectivity index (χ0) is 24.9. The Morgan fingerprint density at radius 2 is 1.83 bits per heavy atom. The van der Waals surface area contributed by atoms with Crippen LogP contribution in [0, 0.1) is 5.82 Å². The van der Waals surface area contributed by atoms with Gasteiger partial charge in [-0.25, -0.2) is 4.39 Å². The highest BCUT2D eigenvalue weighted by Gasteiger charge is 2.26. The number of benzene rings is 2. The summed E-state index contributed by atoms with van der Waals surface area (Å²) in [7, 11) is 2.92. The normalized spacial score (nSPS) is 13.5. The van der Waals surface area contributed by atoms with Gasteiger partial charge in [-0.3, -0.25) is 9.59 Å². The third kappa shape index (κ3) is 4.96. The van der Waals surface area contributed by atoms with E-state index >= 15 is 0 Å². The van der Waals surface area contributed by atoms with Crippen molar-refractivity contribution in [3.05, 3.63) is 82.6 Å². The van der Waals surface area contributed by atoms with Crippen molar-refractivity contribution in [2.75, 3.05) is 14.2 Å². The van der Waals surface area contributed by atoms with E-state index in [1.54, 1.807) is 36.6 Å². The molecule has 7 nitrogen and oxygen atoms in total. The molecule has 180 valence electrons. The van der Waals surface area contributed by atoms with Gasteiger partial charge in [0, 0.05) is 0 Å². The summed E-state index contributed by atoms with van der Waals surface area (Å²) in [5.41, 5.74) is 4.62. The molecule has 0 saturated carbocycles. The van der Waals surface area contributed by atoms with E-state index in [2.05, 4.69) is 5.32 Å². The third-order valence-corrected chi connectivity index (χ3v) is 5.79. The van der Waals surface area contributed by atoms with Crippen molar-refractivity contribution in [1.29, 1.82) is 0 Å². The number of rotatable bonds is 9. The number of furan rings is 1. The number of carbonyl (C=O) groups excluding carboxylic acids is 2. The van der Waals surface area contributed by atoms with Crippen molar-refractivity contribution < 1.29 is 32.6 Å². The average molecular weight is 477 g/mol. The van der Waals surface area contributed by atoms with E-state index in [0.29, 0.717) is 34.9 Å². The number of allylic oxidation sites excluding steroid dienone is 2. The Labute approximate surface area is 201 Å². The van der Waals surface area contributed by atoms with Gasteiger partial charge in [0.1, 0.15) is 11.6 Å². The van der Waals surface area contributed by atoms with Gasteiger partial charge in [0.25, 0.3) is 6.47 Å². The van der Waals surface area contributed by atoms with Gasteiger partial charge < -0.3 is 23.9 Å². The summed E-state index contributed by atoms with van der Waals surface area (Å²) in [5, 5.41) is 2.84. The van der Waals surface area contributed by atoms with Gasteiger partial charge in [-0.05, 0) is 82.8 Å². The number of nitrogens with one attached hydrogen (secondary N) is 1. The zero-order valence-electron chi connectivity index (χ0n) is 19.5. The highest BCUT2D eigenvalue weighted by Crippen LogP contribution is 2.45. The number of hydrogen-bond donors (Lipinski definition) is 1. The second-order valence-corrected chi connectivity index (χ2v) is 7.85. The molecule has 1 aliphatic carbocycles. The molecule has 4 rings (SSSR count). The standard InChI is InChI=1S/C27H24FNO6/c1-16-21(9-17-10-24(32-2)27(35-15-30)25(11-17)33-3)20-7-6-18(28)12-23(20)22(16)13-26(31)29-14-19-5-4-8-34-19/h4-12,15H,13-14H2,1-3H3,(H,29,31)/b21-9-. The quantitative estimate of drug-likeness (QED) is 0.436. The van der Waals surface area contributed by atoms with E-state index < -0.39 is 0 Å². The molecule has 0 aliphatic heterocycles. The predicted octanol–water partition coefficient (Wildman–Crippen LogP) is 5.01. The summed E-state index contributed by atoms with van der Waals surface area (Å²) < 4.78 is 35.2. The molecule has 1 aliphatic rings. The first kappa shape index (κ1) is 23.8. The Balaban J connectivity index is 1.71. The number of amides is 1. The lowest BCUT2D eigenvalue weighted by molar-refractivity contribution is -0.121. The van der Waals surface area contributed by atoms with E-state index in [0.717, 1.165) is 22.3 Å². The van der Waals surface area contributed by atoms with E-state index in [1.807, 2.05) is 13.0 Å². The van der Waals surface area contributed by atoms with Crippen molar-refractivity contribution >= 4 is 29.6 Å². The van der Waals surface area contributed by atoms with Crippen LogP contribution in [0.15, 0.2) is 58.7 Å². The topological polar surface area (TPSA) is 87.0 Å². The molecular weight excluding hydrogens is 453 g/mol. The molecule has 3 aromatic rings. The Morgan fingerprint density at radius 3 is 2.46 bits per heavy atom. The molecule has 0 unspecified atom stereocenters. The van der Waals surface area contributed by atoms with E-state index in [9.17, 15) is 14.0 Å². The van der Waals surface area contributed by atoms with Gasteiger partial charge in [-0.1, -0.05) is 6.07 Å². The molecule has 1 amide bonds. The van der Waals surface area contributed by atoms with Crippen LogP contribution in [0.2, 0.25) is 0 Å². The predicted molar refractivity (Wildman–Crippen MR) is 128 cm³/mol. The van der Waals surface area contributed by atoms with Crippen LogP contribution in [-0.2, 0) is 16.1 Å². The summed E-state index contributed by atoms with van der Waals surface area (Å²) >= 11 is 0. The smallest absolute Gasteiger partial charge is 0.298 e. The van der Waals surface area contributed by atoms with Gasteiger partial charge in [-0.2, -0.15) is 0 Å². The van der Waals surface area contributed by atoms with Crippen LogP contribution in [0.1, 0.15) is 35.8 Å². The van der Waals surface area contributed by atoms with Crippen LogP contribution < -0.4 is 19.5 Å². The van der Waals surface area contributed by atoms with Crippen LogP contribution in [-0.4, -0.2) is 26.6 Å². The van der Waals surface area contributed by atoms with Crippen LogP contribution in [0.25, 0.3) is 17.2 Å². The number of ether oxygens (including phenoxy) is 3. The lowest BCUT2D eigenvalue weighted by Crippen LogP contribution is -2.22. The van der Waals surface area contributed by atoms with Crippen LogP contribution >= 0.6 is 0 Å². The Morgan fingerprint density at radius 1 is 1.09 bits per heavy atom. The molecule has 1 aromatic heterocycles. The van der Waals surface area contributed by atoms with E-state index in [1.165, 1.54) is 26.4 Å². The molecule has 1 heterocycles. The van der Waals surface area contributed by atoms with Gasteiger partial charge in [-0.15, -0.1) is 0 Å². The largest absolute Gasteiger partial charge is 0.493 e. The number of halogens is 1. The van der Waals surface area contributed by atoms with Gasteiger partial charge in [0.15, 0.2) is 11.5 Å². The van der Waals surface area contributed by atoms with E-state index in [-0.39, 0.29) is 30.4 Å². The monoisotopic (exact) mass is 477 g/mol. The van der Waals surface area contributed by atoms with Crippen molar-refractivity contribution in [2.24, 2.45) is 0 Å². The van der Waals surface area contributed by atoms with Crippen molar-refractivity contribution in [3.63, 3.8) is 0 Å². The molecule has 35 heavy (non-hydrogen) atoms. The maximum absolute atomic E-state index is 14.2. The highest BCUT2D eigenvalue weighted by atomic mass is 19.1. The number of carbonyl (C=O) groups is 2. The molecule has 0 bridgehead atoms. The Hall–Kier alpha value is -4.33. The van der Waals surface area contributed by atoms with E-state index in [4.69, 9.17) is 18.6 Å². The third-order valence-electron chi connectivity index (χ3n) is 5.79. The SMILES string of the molecule is COc1cc(/C=C2/C(C)=C(CC(=O)NCc3ccco3)c3cc(F)ccc32)cc(OC)c1OC=O. The summed E-state index contributed by atoms with van der Waals surface area (Å²) in [4.78, 5) is 23.6. The zero-order valence-corrected chi connectivity index (χ0v) is 19.5. The average Bonchev–Trinajstić information content (AvgIpc) is 3.46. The lowest BCUT2D eigenvalue weighted by Gasteiger charge is -2.13. The summed E-state index contributed by atoms with van der Waals surface area (Å²) in [6, 6.07) is 11.5. The molecule has 0 fully saturated rings. The maximum Gasteiger partial charge on any atom is 0.298 e. The molecule has 1 N–H and O–H groups in total. The summed E-state index contributed by atoms with van der Waals surface area (Å²) in [5.74, 6) is 0.866. The number of fused-ring (bicyclic) bond motifs is 1. The van der Waals surface area contributed by atoms with Crippen LogP contribution in [0.4, 0.5) is 4.39 Å². The Kier molecular flexibility index (Phi) is 7.01. The number of methoxy groups -OCH3 is 2. The second-order valence-electron chi connectivity index (χ2n) is 7.85. The lowest BCUT2D eigenvalue weighted by atomic mass is 10.00. The fourth-order valence-electron chi connectivity index (χ4n) is 4.12. The molecule has 2 aromatic carbocycles. The van der Waals surface area contributed by atoms with Crippen molar-refractivity contribution in [1.82, 2.24) is 5.32 Å². The summed E-state index contributed by atoms with van der Waals surface area (Å²) in [6.07, 6.45) is 3.53. The molecular formula is C27H24FNO6. The van der Waals surface area contributed by atoms with Gasteiger partial charge >= 0.3 is 0 Å². The minimum absolute atomic E-state index is 0.0824. The second kappa shape index (κ2) is 10.3. The van der Waals surface area contributed by atoms with Crippen molar-refractivity contribution in [3.8, 4) is 17.2 Å². The Bertz CT molecular complexity index is 1300. The first-order chi connectivity index (χ1) is 16.9. The minimum atomic E-state index is -0.384. The van der Waals surface area contributed by atoms with Crippen LogP contribution in [0.3, 0.4) is 0 Å². The molecule has 0 radical (unpaired) electrons. The van der Waals surface area contributed by atoms with Crippen LogP contribution in [0.5, 0.6) is 17.2 Å². The van der Waals surface area contributed by atoms with Gasteiger partial charge in [0.2, 0.25) is 11.7 Å². The molecule has 8 heteroatoms. The molecule has 0 spiro atoms. The summed E-state index contributed by atoms with van der Waals surface area (Å²) in [6.45, 7) is 2.47. The van der Waals surface area contributed by atoms with Crippen molar-refractivity contribution in [2.45, 2.75) is 19.9 Å². The molecule has 0 saturated heterocycles. The maximum atomic E-state index is 14.2. The highest BCUT2D eigenvalue weighted by molar-refractivity contribution is 6.08. The first-order valence-corrected chi connectivity index (χ1v) is 10.8. The fraction of sp³-hybridized carbons (Fsp3) is 0.185. The number of hydrogen-bond acceptors (Lipinski definition) is 6.